The lowest BCUT2D eigenvalue weighted by Gasteiger charge is -2.16. The molecule has 0 bridgehead atoms. The minimum atomic E-state index is -0.00681. The Bertz CT molecular complexity index is 425. The van der Waals surface area contributed by atoms with Gasteiger partial charge in [-0.2, -0.15) is 0 Å². The van der Waals surface area contributed by atoms with E-state index in [-0.39, 0.29) is 5.91 Å². The molecule has 0 aromatic carbocycles. The Morgan fingerprint density at radius 1 is 1.56 bits per heavy atom. The molecule has 1 aromatic heterocycles. The van der Waals surface area contributed by atoms with E-state index in [1.54, 1.807) is 6.07 Å². The van der Waals surface area contributed by atoms with Crippen molar-refractivity contribution in [2.75, 3.05) is 12.3 Å². The number of hydrogen-bond acceptors (Lipinski definition) is 2. The first kappa shape index (κ1) is 13.0. The van der Waals surface area contributed by atoms with E-state index < -0.39 is 0 Å². The van der Waals surface area contributed by atoms with E-state index in [1.807, 2.05) is 17.7 Å². The van der Waals surface area contributed by atoms with Gasteiger partial charge in [0.1, 0.15) is 5.69 Å². The highest BCUT2D eigenvalue weighted by molar-refractivity contribution is 5.93. The number of amides is 1. The second-order valence-corrected chi connectivity index (χ2v) is 5.32. The lowest BCUT2D eigenvalue weighted by molar-refractivity contribution is 0.0935. The van der Waals surface area contributed by atoms with Crippen LogP contribution in [0.2, 0.25) is 0 Å². The largest absolute Gasteiger partial charge is 0.397 e. The molecule has 1 aromatic rings. The van der Waals surface area contributed by atoms with Crippen LogP contribution in [-0.4, -0.2) is 17.0 Å². The van der Waals surface area contributed by atoms with E-state index >= 15 is 0 Å². The van der Waals surface area contributed by atoms with Crippen molar-refractivity contribution in [3.05, 3.63) is 18.0 Å². The zero-order valence-electron chi connectivity index (χ0n) is 11.3. The molecule has 1 heterocycles. The van der Waals surface area contributed by atoms with Gasteiger partial charge < -0.3 is 15.6 Å². The third kappa shape index (κ3) is 2.68. The van der Waals surface area contributed by atoms with Gasteiger partial charge >= 0.3 is 0 Å². The molecule has 4 heteroatoms. The van der Waals surface area contributed by atoms with Gasteiger partial charge in [-0.25, -0.2) is 0 Å². The van der Waals surface area contributed by atoms with Gasteiger partial charge in [-0.05, 0) is 31.2 Å². The van der Waals surface area contributed by atoms with Crippen LogP contribution < -0.4 is 11.1 Å². The molecule has 2 rings (SSSR count). The summed E-state index contributed by atoms with van der Waals surface area (Å²) >= 11 is 0. The third-order valence-electron chi connectivity index (χ3n) is 4.05. The molecule has 0 aliphatic heterocycles. The number of nitrogens with zero attached hydrogens (tertiary/aromatic N) is 1. The van der Waals surface area contributed by atoms with Crippen LogP contribution in [0.15, 0.2) is 12.3 Å². The standard InChI is InChI=1S/C14H23N3O/c1-3-17-9-12(15)7-13(17)14(18)16-8-11-6-4-5-10(11)2/h7,9-11H,3-6,8,15H2,1-2H3,(H,16,18). The number of nitrogens with two attached hydrogens (primary N) is 1. The van der Waals surface area contributed by atoms with Crippen molar-refractivity contribution < 1.29 is 4.79 Å². The molecule has 1 saturated carbocycles. The van der Waals surface area contributed by atoms with E-state index in [1.165, 1.54) is 19.3 Å². The maximum Gasteiger partial charge on any atom is 0.267 e. The number of carbonyl (C=O) groups is 1. The van der Waals surface area contributed by atoms with E-state index in [0.717, 1.165) is 19.0 Å². The maximum atomic E-state index is 12.1. The number of carbonyl (C=O) groups excluding carboxylic acids is 1. The zero-order valence-corrected chi connectivity index (χ0v) is 11.3. The normalized spacial score (nSPS) is 23.2. The van der Waals surface area contributed by atoms with E-state index in [0.29, 0.717) is 17.3 Å². The molecular weight excluding hydrogens is 226 g/mol. The average Bonchev–Trinajstić information content (AvgIpc) is 2.92. The van der Waals surface area contributed by atoms with Gasteiger partial charge in [-0.1, -0.05) is 19.8 Å². The first-order valence-electron chi connectivity index (χ1n) is 6.85. The monoisotopic (exact) mass is 249 g/mol. The molecule has 2 unspecified atom stereocenters. The van der Waals surface area contributed by atoms with Crippen LogP contribution in [0.1, 0.15) is 43.6 Å². The van der Waals surface area contributed by atoms with Gasteiger partial charge in [-0.15, -0.1) is 0 Å². The fourth-order valence-corrected chi connectivity index (χ4v) is 2.82. The molecule has 0 spiro atoms. The number of anilines is 1. The summed E-state index contributed by atoms with van der Waals surface area (Å²) in [5.41, 5.74) is 7.05. The summed E-state index contributed by atoms with van der Waals surface area (Å²) in [6.45, 7) is 5.83. The fourth-order valence-electron chi connectivity index (χ4n) is 2.82. The second-order valence-electron chi connectivity index (χ2n) is 5.32. The SMILES string of the molecule is CCn1cc(N)cc1C(=O)NCC1CCCC1C. The molecule has 0 saturated heterocycles. The Hall–Kier alpha value is -1.45. The van der Waals surface area contributed by atoms with E-state index in [9.17, 15) is 4.79 Å². The molecule has 1 amide bonds. The minimum absolute atomic E-state index is 0.00681. The molecule has 4 nitrogen and oxygen atoms in total. The highest BCUT2D eigenvalue weighted by Crippen LogP contribution is 2.30. The third-order valence-corrected chi connectivity index (χ3v) is 4.05. The highest BCUT2D eigenvalue weighted by atomic mass is 16.1. The van der Waals surface area contributed by atoms with Crippen LogP contribution in [0.25, 0.3) is 0 Å². The number of nitrogen functional groups attached to an aromatic ring is 1. The van der Waals surface area contributed by atoms with Crippen LogP contribution in [-0.2, 0) is 6.54 Å². The molecule has 3 N–H and O–H groups in total. The van der Waals surface area contributed by atoms with Crippen LogP contribution >= 0.6 is 0 Å². The van der Waals surface area contributed by atoms with Crippen molar-refractivity contribution in [1.82, 2.24) is 9.88 Å². The van der Waals surface area contributed by atoms with Gasteiger partial charge in [0.25, 0.3) is 5.91 Å². The quantitative estimate of drug-likeness (QED) is 0.860. The summed E-state index contributed by atoms with van der Waals surface area (Å²) in [7, 11) is 0. The topological polar surface area (TPSA) is 60.0 Å². The summed E-state index contributed by atoms with van der Waals surface area (Å²) in [6, 6.07) is 1.75. The minimum Gasteiger partial charge on any atom is -0.397 e. The number of rotatable bonds is 4. The van der Waals surface area contributed by atoms with Crippen molar-refractivity contribution >= 4 is 11.6 Å². The Balaban J connectivity index is 1.94. The fraction of sp³-hybridized carbons (Fsp3) is 0.643. The van der Waals surface area contributed by atoms with Crippen LogP contribution in [0.5, 0.6) is 0 Å². The summed E-state index contributed by atoms with van der Waals surface area (Å²) in [6.07, 6.45) is 5.63. The smallest absolute Gasteiger partial charge is 0.267 e. The maximum absolute atomic E-state index is 12.1. The number of aryl methyl sites for hydroxylation is 1. The summed E-state index contributed by atoms with van der Waals surface area (Å²) in [5, 5.41) is 3.04. The Morgan fingerprint density at radius 2 is 2.33 bits per heavy atom. The Morgan fingerprint density at radius 3 is 2.94 bits per heavy atom. The van der Waals surface area contributed by atoms with Gasteiger partial charge in [0.05, 0.1) is 5.69 Å². The van der Waals surface area contributed by atoms with Crippen molar-refractivity contribution in [2.24, 2.45) is 11.8 Å². The van der Waals surface area contributed by atoms with Gasteiger partial charge in [0, 0.05) is 19.3 Å². The summed E-state index contributed by atoms with van der Waals surface area (Å²) in [5.74, 6) is 1.36. The molecule has 100 valence electrons. The first-order chi connectivity index (χ1) is 8.61. The average molecular weight is 249 g/mol. The van der Waals surface area contributed by atoms with E-state index in [4.69, 9.17) is 5.73 Å². The van der Waals surface area contributed by atoms with E-state index in [2.05, 4.69) is 12.2 Å². The Labute approximate surface area is 109 Å². The van der Waals surface area contributed by atoms with Crippen molar-refractivity contribution in [2.45, 2.75) is 39.7 Å². The summed E-state index contributed by atoms with van der Waals surface area (Å²) in [4.78, 5) is 12.1. The lowest BCUT2D eigenvalue weighted by Crippen LogP contribution is -2.31. The first-order valence-corrected chi connectivity index (χ1v) is 6.85. The van der Waals surface area contributed by atoms with Crippen molar-refractivity contribution in [3.8, 4) is 0 Å². The molecule has 2 atom stereocenters. The Kier molecular flexibility index (Phi) is 3.94. The lowest BCUT2D eigenvalue weighted by atomic mass is 9.98. The van der Waals surface area contributed by atoms with Crippen molar-refractivity contribution in [1.29, 1.82) is 0 Å². The molecule has 1 aliphatic carbocycles. The second kappa shape index (κ2) is 5.46. The number of nitrogens with one attached hydrogen (secondary N) is 1. The van der Waals surface area contributed by atoms with Crippen molar-refractivity contribution in [3.63, 3.8) is 0 Å². The summed E-state index contributed by atoms with van der Waals surface area (Å²) < 4.78 is 1.89. The highest BCUT2D eigenvalue weighted by Gasteiger charge is 2.24. The van der Waals surface area contributed by atoms with Gasteiger partial charge in [-0.3, -0.25) is 4.79 Å². The molecule has 0 radical (unpaired) electrons. The van der Waals surface area contributed by atoms with Crippen LogP contribution in [0, 0.1) is 11.8 Å². The zero-order chi connectivity index (χ0) is 13.1. The van der Waals surface area contributed by atoms with Gasteiger partial charge in [0.2, 0.25) is 0 Å². The molecule has 1 aliphatic rings. The molecular formula is C14H23N3O. The van der Waals surface area contributed by atoms with Crippen LogP contribution in [0.4, 0.5) is 5.69 Å². The van der Waals surface area contributed by atoms with Gasteiger partial charge in [0.15, 0.2) is 0 Å². The predicted octanol–water partition coefficient (Wildman–Crippen LogP) is 2.26. The molecule has 18 heavy (non-hydrogen) atoms. The predicted molar refractivity (Wildman–Crippen MR) is 73.4 cm³/mol. The van der Waals surface area contributed by atoms with Crippen LogP contribution in [0.3, 0.4) is 0 Å². The molecule has 1 fully saturated rings. The number of hydrogen-bond donors (Lipinski definition) is 2. The number of aromatic nitrogens is 1.